The largest absolute Gasteiger partial charge is 0.497 e. The van der Waals surface area contributed by atoms with Gasteiger partial charge in [0.15, 0.2) is 0 Å². The highest BCUT2D eigenvalue weighted by atomic mass is 16.5. The molecule has 4 heterocycles. The Morgan fingerprint density at radius 1 is 0.320 bits per heavy atom. The summed E-state index contributed by atoms with van der Waals surface area (Å²) >= 11 is 0. The number of nitrogens with zero attached hydrogens (tertiary/aromatic N) is 8. The molecule has 0 radical (unpaired) electrons. The Balaban J connectivity index is 0.000000154. The molecule has 4 aliphatic rings. The molecule has 4 fully saturated rings. The molecule has 8 aromatic rings. The second kappa shape index (κ2) is 38.8. The summed E-state index contributed by atoms with van der Waals surface area (Å²) in [7, 11) is 3.76. The molecule has 0 bridgehead atoms. The van der Waals surface area contributed by atoms with Gasteiger partial charge in [0, 0.05) is 142 Å². The van der Waals surface area contributed by atoms with Crippen LogP contribution in [0.3, 0.4) is 0 Å². The van der Waals surface area contributed by atoms with Crippen molar-refractivity contribution < 1.29 is 28.7 Å². The highest BCUT2D eigenvalue weighted by molar-refractivity contribution is 5.94. The maximum atomic E-state index is 12.6. The Labute approximate surface area is 573 Å². The van der Waals surface area contributed by atoms with Gasteiger partial charge < -0.3 is 34.1 Å². The average Bonchev–Trinajstić information content (AvgIpc) is 0.950. The molecule has 5 amide bonds. The fourth-order valence-electron chi connectivity index (χ4n) is 11.6. The van der Waals surface area contributed by atoms with Gasteiger partial charge in [0.25, 0.3) is 0 Å². The Kier molecular flexibility index (Phi) is 28.3. The van der Waals surface area contributed by atoms with E-state index in [2.05, 4.69) is 94.5 Å². The summed E-state index contributed by atoms with van der Waals surface area (Å²) in [5.41, 5.74) is 9.02. The van der Waals surface area contributed by atoms with Crippen molar-refractivity contribution in [2.24, 2.45) is 0 Å². The van der Waals surface area contributed by atoms with E-state index in [1.54, 1.807) is 47.3 Å². The molecule has 0 unspecified atom stereocenters. The molecule has 8 aromatic carbocycles. The molecule has 0 aliphatic carbocycles. The zero-order valence-electron chi connectivity index (χ0n) is 55.9. The zero-order valence-corrected chi connectivity index (χ0v) is 55.9. The van der Waals surface area contributed by atoms with Gasteiger partial charge in [-0.3, -0.25) is 33.8 Å². The standard InChI is InChI=1S/C26H26N2O.C22H22N2O2.C21H24N2O2.C14H18N2O/c29-25(17-16-22-10-4-1-5-11-22)27-18-20-28(21-19-27)26(23-12-6-2-7-13-23)24-14-8-3-9-15-24;25-21(13-11-19-7-3-1-4-8-19)23-15-17-24(18-16-23)22(26)14-12-20-9-5-2-6-10-20;1-25-20-10-7-19(8-11-20)17-22-13-15-23(16-14-22)21(24)12-9-18-5-3-2-4-6-18;1-15-9-11-16(12-10-15)14(17)8-7-13-5-3-2-4-6-13/h1-17,26H,18-21H2;1-14H,15-18H2;2-12H,13-17H2,1H3;2-8H,9-12H2,1H3/b17-16+;13-11+,14-12+;12-9+;8-7+. The highest BCUT2D eigenvalue weighted by Crippen LogP contribution is 2.30. The second-order valence-electron chi connectivity index (χ2n) is 24.0. The lowest BCUT2D eigenvalue weighted by Crippen LogP contribution is -2.49. The maximum Gasteiger partial charge on any atom is 0.246 e. The summed E-state index contributed by atoms with van der Waals surface area (Å²) in [6.45, 7) is 13.3. The van der Waals surface area contributed by atoms with E-state index in [1.165, 1.54) is 16.7 Å². The molecule has 4 aliphatic heterocycles. The highest BCUT2D eigenvalue weighted by Gasteiger charge is 2.28. The van der Waals surface area contributed by atoms with Crippen LogP contribution >= 0.6 is 0 Å². The fraction of sp³-hybridized carbons (Fsp3) is 0.241. The number of hydrogen-bond acceptors (Lipinski definition) is 9. The van der Waals surface area contributed by atoms with Crippen molar-refractivity contribution >= 4 is 59.9 Å². The van der Waals surface area contributed by atoms with E-state index in [1.807, 2.05) is 209 Å². The van der Waals surface area contributed by atoms with Crippen molar-refractivity contribution in [3.63, 3.8) is 0 Å². The smallest absolute Gasteiger partial charge is 0.246 e. The van der Waals surface area contributed by atoms with Crippen LogP contribution < -0.4 is 4.74 Å². The van der Waals surface area contributed by atoms with Gasteiger partial charge in [-0.2, -0.15) is 0 Å². The molecule has 0 aromatic heterocycles. The minimum atomic E-state index is -0.0132. The van der Waals surface area contributed by atoms with Gasteiger partial charge in [0.1, 0.15) is 5.75 Å². The summed E-state index contributed by atoms with van der Waals surface area (Å²) < 4.78 is 5.19. The maximum absolute atomic E-state index is 12.6. The summed E-state index contributed by atoms with van der Waals surface area (Å²) in [6.07, 6.45) is 17.5. The number of benzene rings is 8. The second-order valence-corrected chi connectivity index (χ2v) is 24.0. The monoisotopic (exact) mass is 1290 g/mol. The van der Waals surface area contributed by atoms with Gasteiger partial charge in [-0.1, -0.05) is 224 Å². The first kappa shape index (κ1) is 70.8. The molecular formula is C83H90N8O6. The molecule has 4 saturated heterocycles. The first-order chi connectivity index (χ1) is 47.5. The molecule has 0 atom stereocenters. The third kappa shape index (κ3) is 23.7. The molecule has 498 valence electrons. The quantitative estimate of drug-likeness (QED) is 0.0871. The van der Waals surface area contributed by atoms with Gasteiger partial charge in [-0.15, -0.1) is 0 Å². The first-order valence-electron chi connectivity index (χ1n) is 33.5. The third-order valence-electron chi connectivity index (χ3n) is 17.3. The number of amides is 5. The number of likely N-dealkylation sites (N-methyl/N-ethyl adjacent to an activating group) is 1. The minimum Gasteiger partial charge on any atom is -0.497 e. The number of hydrogen-bond donors (Lipinski definition) is 0. The lowest BCUT2D eigenvalue weighted by molar-refractivity contribution is -0.133. The van der Waals surface area contributed by atoms with Crippen molar-refractivity contribution in [2.75, 3.05) is 119 Å². The number of methoxy groups -OCH3 is 1. The van der Waals surface area contributed by atoms with Crippen LogP contribution in [0.2, 0.25) is 0 Å². The van der Waals surface area contributed by atoms with Gasteiger partial charge in [0.05, 0.1) is 13.2 Å². The molecule has 14 heteroatoms. The van der Waals surface area contributed by atoms with Crippen LogP contribution in [-0.2, 0) is 30.5 Å². The van der Waals surface area contributed by atoms with Gasteiger partial charge in [-0.05, 0) is 94.1 Å². The van der Waals surface area contributed by atoms with Crippen LogP contribution in [-0.4, -0.2) is 188 Å². The zero-order chi connectivity index (χ0) is 67.7. The normalized spacial score (nSPS) is 15.6. The van der Waals surface area contributed by atoms with E-state index in [4.69, 9.17) is 4.74 Å². The van der Waals surface area contributed by atoms with E-state index in [0.29, 0.717) is 26.2 Å². The van der Waals surface area contributed by atoms with Crippen LogP contribution in [0.1, 0.15) is 50.5 Å². The van der Waals surface area contributed by atoms with Crippen LogP contribution in [0.4, 0.5) is 0 Å². The Morgan fingerprint density at radius 3 is 0.845 bits per heavy atom. The van der Waals surface area contributed by atoms with Crippen molar-refractivity contribution in [1.29, 1.82) is 0 Å². The minimum absolute atomic E-state index is 0.0132. The SMILES string of the molecule is CN1CCN(C(=O)/C=C/c2ccccc2)CC1.COc1ccc(CN2CCN(C(=O)/C=C/c3ccccc3)CC2)cc1.O=C(/C=C/c1ccccc1)N1CCN(C(=O)/C=C/c2ccccc2)CC1.O=C(/C=C/c1ccccc1)N1CCN(C(c2ccccc2)c2ccccc2)CC1. The number of ether oxygens (including phenoxy) is 1. The first-order valence-corrected chi connectivity index (χ1v) is 33.5. The van der Waals surface area contributed by atoms with Crippen molar-refractivity contribution in [1.82, 2.24) is 39.2 Å². The average molecular weight is 1300 g/mol. The fourth-order valence-corrected chi connectivity index (χ4v) is 11.6. The third-order valence-corrected chi connectivity index (χ3v) is 17.3. The number of rotatable bonds is 16. The summed E-state index contributed by atoms with van der Waals surface area (Å²) in [5.74, 6) is 1.14. The van der Waals surface area contributed by atoms with E-state index in [-0.39, 0.29) is 35.6 Å². The lowest BCUT2D eigenvalue weighted by Gasteiger charge is -2.39. The van der Waals surface area contributed by atoms with Crippen molar-refractivity contribution in [3.05, 3.63) is 311 Å². The van der Waals surface area contributed by atoms with Gasteiger partial charge in [0.2, 0.25) is 29.5 Å². The van der Waals surface area contributed by atoms with E-state index in [0.717, 1.165) is 119 Å². The Bertz CT molecular complexity index is 3700. The van der Waals surface area contributed by atoms with Crippen LogP contribution in [0.15, 0.2) is 267 Å². The molecular weight excluding hydrogens is 1200 g/mol. The summed E-state index contributed by atoms with van der Waals surface area (Å²) in [4.78, 5) is 77.8. The molecule has 0 saturated carbocycles. The Morgan fingerprint density at radius 2 is 0.567 bits per heavy atom. The molecule has 14 nitrogen and oxygen atoms in total. The number of carbonyl (C=O) groups is 5. The predicted molar refractivity (Wildman–Crippen MR) is 392 cm³/mol. The van der Waals surface area contributed by atoms with Gasteiger partial charge >= 0.3 is 0 Å². The molecule has 0 N–H and O–H groups in total. The van der Waals surface area contributed by atoms with Gasteiger partial charge in [-0.25, -0.2) is 0 Å². The van der Waals surface area contributed by atoms with Crippen molar-refractivity contribution in [2.45, 2.75) is 12.6 Å². The van der Waals surface area contributed by atoms with Crippen LogP contribution in [0, 0.1) is 0 Å². The summed E-state index contributed by atoms with van der Waals surface area (Å²) in [6, 6.07) is 78.9. The van der Waals surface area contributed by atoms with E-state index in [9.17, 15) is 24.0 Å². The van der Waals surface area contributed by atoms with Crippen molar-refractivity contribution in [3.8, 4) is 5.75 Å². The van der Waals surface area contributed by atoms with Crippen LogP contribution in [0.5, 0.6) is 5.75 Å². The predicted octanol–water partition coefficient (Wildman–Crippen LogP) is 12.2. The van der Waals surface area contributed by atoms with Crippen LogP contribution in [0.25, 0.3) is 30.4 Å². The summed E-state index contributed by atoms with van der Waals surface area (Å²) in [5, 5.41) is 0. The molecule has 12 rings (SSSR count). The van der Waals surface area contributed by atoms with E-state index >= 15 is 0 Å². The topological polar surface area (TPSA) is 120 Å². The molecule has 0 spiro atoms. The van der Waals surface area contributed by atoms with E-state index < -0.39 is 0 Å². The number of carbonyl (C=O) groups excluding carboxylic acids is 5. The lowest BCUT2D eigenvalue weighted by atomic mass is 9.96. The Hall–Kier alpha value is -10.5. The molecule has 97 heavy (non-hydrogen) atoms. The number of piperazine rings is 4.